The molecule has 0 aromatic carbocycles. The van der Waals surface area contributed by atoms with Gasteiger partial charge in [-0.05, 0) is 36.5 Å². The third kappa shape index (κ3) is 13.3. The van der Waals surface area contributed by atoms with Crippen molar-refractivity contribution >= 4 is 5.97 Å². The van der Waals surface area contributed by atoms with E-state index in [1.54, 1.807) is 12.2 Å². The molecule has 0 amide bonds. The maximum atomic E-state index is 11.3. The smallest absolute Gasteiger partial charge is 0.330 e. The van der Waals surface area contributed by atoms with Gasteiger partial charge in [0, 0.05) is 18.9 Å². The third-order valence-corrected chi connectivity index (χ3v) is 1.93. The van der Waals surface area contributed by atoms with Gasteiger partial charge in [-0.25, -0.2) is 4.79 Å². The molecule has 2 nitrogen and oxygen atoms in total. The maximum Gasteiger partial charge on any atom is 0.330 e. The summed E-state index contributed by atoms with van der Waals surface area (Å²) in [6.07, 6.45) is 19.4. The van der Waals surface area contributed by atoms with Gasteiger partial charge < -0.3 is 4.74 Å². The molecule has 2 heteroatoms. The Morgan fingerprint density at radius 1 is 1.05 bits per heavy atom. The fraction of sp³-hybridized carbons (Fsp3) is 0.278. The van der Waals surface area contributed by atoms with Crippen molar-refractivity contribution < 1.29 is 9.53 Å². The number of hydrogen-bond donors (Lipinski definition) is 0. The first-order chi connectivity index (χ1) is 9.81. The number of carbonyl (C=O) groups is 1. The average molecular weight is 264 g/mol. The van der Waals surface area contributed by atoms with Crippen molar-refractivity contribution in [3.63, 3.8) is 0 Å². The molecule has 0 aromatic rings. The minimum atomic E-state index is -0.369. The second-order valence-electron chi connectivity index (χ2n) is 3.49. The van der Waals surface area contributed by atoms with Crippen molar-refractivity contribution in [2.45, 2.75) is 25.7 Å². The summed E-state index contributed by atoms with van der Waals surface area (Å²) in [5, 5.41) is 0. The van der Waals surface area contributed by atoms with Crippen LogP contribution in [0.1, 0.15) is 25.7 Å². The van der Waals surface area contributed by atoms with Gasteiger partial charge in [-0.1, -0.05) is 30.1 Å². The van der Waals surface area contributed by atoms with Gasteiger partial charge in [0.05, 0.1) is 6.61 Å². The zero-order valence-corrected chi connectivity index (χ0v) is 11.3. The van der Waals surface area contributed by atoms with Crippen molar-refractivity contribution in [2.75, 3.05) is 6.61 Å². The molecule has 0 fully saturated rings. The second kappa shape index (κ2) is 14.3. The lowest BCUT2D eigenvalue weighted by atomic mass is 10.3. The first-order valence-electron chi connectivity index (χ1n) is 6.18. The number of esters is 1. The number of terminal acetylenes is 2. The van der Waals surface area contributed by atoms with Crippen LogP contribution in [0.3, 0.4) is 0 Å². The molecule has 0 aromatic heterocycles. The summed E-state index contributed by atoms with van der Waals surface area (Å²) in [6.45, 7) is 0.341. The number of unbranched alkanes of at least 4 members (excludes halogenated alkanes) is 2. The van der Waals surface area contributed by atoms with E-state index < -0.39 is 0 Å². The van der Waals surface area contributed by atoms with E-state index in [0.29, 0.717) is 25.9 Å². The van der Waals surface area contributed by atoms with Crippen molar-refractivity contribution in [3.8, 4) is 48.4 Å². The molecular weight excluding hydrogens is 248 g/mol. The summed E-state index contributed by atoms with van der Waals surface area (Å²) in [5.74, 6) is 14.7. The lowest BCUT2D eigenvalue weighted by Crippen LogP contribution is -2.01. The van der Waals surface area contributed by atoms with Crippen LogP contribution in [0.2, 0.25) is 0 Å². The third-order valence-electron chi connectivity index (χ3n) is 1.93. The van der Waals surface area contributed by atoms with Gasteiger partial charge in [0.1, 0.15) is 0 Å². The number of carbonyl (C=O) groups excluding carboxylic acids is 1. The van der Waals surface area contributed by atoms with Crippen LogP contribution in [-0.4, -0.2) is 12.6 Å². The number of hydrogen-bond acceptors (Lipinski definition) is 2. The Bertz CT molecular complexity index is 543. The van der Waals surface area contributed by atoms with E-state index in [1.165, 1.54) is 6.08 Å². The van der Waals surface area contributed by atoms with E-state index in [4.69, 9.17) is 17.6 Å². The SMILES string of the molecule is C#CC#CCCC=CC=CC(=O)OCCCC#CC#C. The van der Waals surface area contributed by atoms with Gasteiger partial charge in [0.25, 0.3) is 0 Å². The zero-order chi connectivity index (χ0) is 14.9. The number of rotatable bonds is 7. The van der Waals surface area contributed by atoms with Crippen molar-refractivity contribution in [3.05, 3.63) is 24.3 Å². The highest BCUT2D eigenvalue weighted by molar-refractivity contribution is 5.82. The molecule has 0 saturated carbocycles. The van der Waals surface area contributed by atoms with Crippen LogP contribution in [0.15, 0.2) is 24.3 Å². The molecule has 0 N–H and O–H groups in total. The normalized spacial score (nSPS) is 8.90. The summed E-state index contributed by atoms with van der Waals surface area (Å²) in [4.78, 5) is 11.3. The molecule has 0 spiro atoms. The Morgan fingerprint density at radius 3 is 2.45 bits per heavy atom. The van der Waals surface area contributed by atoms with Crippen molar-refractivity contribution in [1.29, 1.82) is 0 Å². The van der Waals surface area contributed by atoms with E-state index in [2.05, 4.69) is 35.5 Å². The highest BCUT2D eigenvalue weighted by Crippen LogP contribution is 1.92. The van der Waals surface area contributed by atoms with Gasteiger partial charge in [-0.2, -0.15) is 0 Å². The topological polar surface area (TPSA) is 26.3 Å². The van der Waals surface area contributed by atoms with Crippen LogP contribution < -0.4 is 0 Å². The minimum Gasteiger partial charge on any atom is -0.462 e. The lowest BCUT2D eigenvalue weighted by molar-refractivity contribution is -0.137. The molecule has 0 unspecified atom stereocenters. The zero-order valence-electron chi connectivity index (χ0n) is 11.3. The Kier molecular flexibility index (Phi) is 12.2. The summed E-state index contributed by atoms with van der Waals surface area (Å²) >= 11 is 0. The predicted octanol–water partition coefficient (Wildman–Crippen LogP) is 2.48. The standard InChI is InChI=1S/C18H16O2/c1-3-5-7-9-10-11-12-14-16-18(19)20-17-15-13-8-6-4-2/h1-2,11-12,14,16H,9-10,13,15,17H2. The van der Waals surface area contributed by atoms with Crippen LogP contribution in [0.4, 0.5) is 0 Å². The molecule has 0 aliphatic carbocycles. The largest absolute Gasteiger partial charge is 0.462 e. The summed E-state index contributed by atoms with van der Waals surface area (Å²) in [7, 11) is 0. The van der Waals surface area contributed by atoms with Gasteiger partial charge in [-0.3, -0.25) is 0 Å². The van der Waals surface area contributed by atoms with Gasteiger partial charge in [-0.15, -0.1) is 12.8 Å². The van der Waals surface area contributed by atoms with E-state index in [9.17, 15) is 4.79 Å². The Morgan fingerprint density at radius 2 is 1.75 bits per heavy atom. The summed E-state index contributed by atoms with van der Waals surface area (Å²) in [6, 6.07) is 0. The molecule has 0 radical (unpaired) electrons. The summed E-state index contributed by atoms with van der Waals surface area (Å²) < 4.78 is 4.96. The van der Waals surface area contributed by atoms with E-state index >= 15 is 0 Å². The Hall–Kier alpha value is -2.81. The van der Waals surface area contributed by atoms with Crippen LogP contribution in [0, 0.1) is 48.4 Å². The van der Waals surface area contributed by atoms with E-state index in [0.717, 1.165) is 6.42 Å². The first-order valence-corrected chi connectivity index (χ1v) is 6.18. The van der Waals surface area contributed by atoms with E-state index in [-0.39, 0.29) is 5.97 Å². The van der Waals surface area contributed by atoms with Gasteiger partial charge in [0.2, 0.25) is 0 Å². The number of ether oxygens (including phenoxy) is 1. The quantitative estimate of drug-likeness (QED) is 0.232. The summed E-state index contributed by atoms with van der Waals surface area (Å²) in [5.41, 5.74) is 0. The second-order valence-corrected chi connectivity index (χ2v) is 3.49. The van der Waals surface area contributed by atoms with Crippen LogP contribution in [0.25, 0.3) is 0 Å². The molecule has 0 bridgehead atoms. The highest BCUT2D eigenvalue weighted by Gasteiger charge is 1.94. The Labute approximate surface area is 121 Å². The van der Waals surface area contributed by atoms with Crippen molar-refractivity contribution in [1.82, 2.24) is 0 Å². The average Bonchev–Trinajstić information content (AvgIpc) is 2.45. The number of allylic oxidation sites excluding steroid dienone is 3. The fourth-order valence-corrected chi connectivity index (χ4v) is 1.07. The monoisotopic (exact) mass is 264 g/mol. The van der Waals surface area contributed by atoms with Crippen LogP contribution >= 0.6 is 0 Å². The van der Waals surface area contributed by atoms with E-state index in [1.807, 2.05) is 6.08 Å². The maximum absolute atomic E-state index is 11.3. The molecule has 0 aliphatic rings. The molecule has 20 heavy (non-hydrogen) atoms. The first kappa shape index (κ1) is 17.2. The van der Waals surface area contributed by atoms with Crippen LogP contribution in [0.5, 0.6) is 0 Å². The van der Waals surface area contributed by atoms with Crippen LogP contribution in [-0.2, 0) is 9.53 Å². The van der Waals surface area contributed by atoms with Crippen molar-refractivity contribution in [2.24, 2.45) is 0 Å². The minimum absolute atomic E-state index is 0.341. The molecular formula is C18H16O2. The lowest BCUT2D eigenvalue weighted by Gasteiger charge is -1.97. The Balaban J connectivity index is 3.65. The fourth-order valence-electron chi connectivity index (χ4n) is 1.07. The predicted molar refractivity (Wildman–Crippen MR) is 80.9 cm³/mol. The molecule has 0 aliphatic heterocycles. The molecule has 0 saturated heterocycles. The van der Waals surface area contributed by atoms with Gasteiger partial charge >= 0.3 is 5.97 Å². The highest BCUT2D eigenvalue weighted by atomic mass is 16.5. The molecule has 0 heterocycles. The molecule has 0 rings (SSSR count). The molecule has 0 atom stereocenters. The van der Waals surface area contributed by atoms with Gasteiger partial charge in [0.15, 0.2) is 0 Å². The molecule has 100 valence electrons.